The molecule has 0 unspecified atom stereocenters. The number of rotatable bonds is 11. The van der Waals surface area contributed by atoms with Crippen molar-refractivity contribution in [1.29, 1.82) is 0 Å². The van der Waals surface area contributed by atoms with Crippen LogP contribution in [0.5, 0.6) is 28.7 Å². The molecule has 0 saturated carbocycles. The van der Waals surface area contributed by atoms with Gasteiger partial charge in [-0.15, -0.1) is 0 Å². The Kier molecular flexibility index (Phi) is 8.39. The first-order chi connectivity index (χ1) is 17.1. The molecule has 0 fully saturated rings. The number of nitrogens with zero attached hydrogens (tertiary/aromatic N) is 1. The Balaban J connectivity index is 2.11. The summed E-state index contributed by atoms with van der Waals surface area (Å²) in [5, 5.41) is 0.484. The van der Waals surface area contributed by atoms with Gasteiger partial charge < -0.3 is 23.1 Å². The van der Waals surface area contributed by atoms with Crippen molar-refractivity contribution in [2.45, 2.75) is 32.2 Å². The topological polar surface area (TPSA) is 93.2 Å². The molecule has 0 aliphatic carbocycles. The van der Waals surface area contributed by atoms with Crippen LogP contribution in [0.3, 0.4) is 0 Å². The molecule has 0 saturated heterocycles. The maximum atomic E-state index is 13.1. The van der Waals surface area contributed by atoms with E-state index < -0.39 is 21.4 Å². The van der Waals surface area contributed by atoms with Gasteiger partial charge >= 0.3 is 15.6 Å². The van der Waals surface area contributed by atoms with Gasteiger partial charge in [0.25, 0.3) is 0 Å². The molecule has 12 heteroatoms. The lowest BCUT2D eigenvalue weighted by Crippen LogP contribution is -2.28. The molecule has 0 aliphatic heterocycles. The first kappa shape index (κ1) is 27.2. The molecule has 0 aliphatic rings. The number of fused-ring (bicyclic) bond motifs is 1. The zero-order chi connectivity index (χ0) is 26.5. The molecule has 1 aromatic heterocycles. The molecule has 0 atom stereocenters. The number of methoxy groups -OCH3 is 2. The van der Waals surface area contributed by atoms with Crippen LogP contribution in [0.15, 0.2) is 36.7 Å². The van der Waals surface area contributed by atoms with Gasteiger partial charge in [-0.1, -0.05) is 13.0 Å². The molecule has 8 nitrogen and oxygen atoms in total. The summed E-state index contributed by atoms with van der Waals surface area (Å²) in [4.78, 5) is 4.11. The lowest BCUT2D eigenvalue weighted by molar-refractivity contribution is -0.0500. The van der Waals surface area contributed by atoms with E-state index in [4.69, 9.17) is 18.9 Å². The van der Waals surface area contributed by atoms with E-state index in [2.05, 4.69) is 9.17 Å². The Labute approximate surface area is 207 Å². The first-order valence-corrected chi connectivity index (χ1v) is 12.4. The number of benzene rings is 2. The summed E-state index contributed by atoms with van der Waals surface area (Å²) >= 11 is 0. The third kappa shape index (κ3) is 5.69. The summed E-state index contributed by atoms with van der Waals surface area (Å²) in [6.45, 7) is 4.11. The number of hydrogen-bond acceptors (Lipinski definition) is 8. The van der Waals surface area contributed by atoms with Crippen LogP contribution in [-0.4, -0.2) is 46.3 Å². The van der Waals surface area contributed by atoms with Crippen LogP contribution in [0.4, 0.5) is 13.2 Å². The predicted octanol–water partition coefficient (Wildman–Crippen LogP) is 5.26. The van der Waals surface area contributed by atoms with Crippen molar-refractivity contribution in [3.8, 4) is 28.7 Å². The van der Waals surface area contributed by atoms with Gasteiger partial charge in [-0.3, -0.25) is 4.98 Å². The molecule has 1 heterocycles. The smallest absolute Gasteiger partial charge is 0.493 e. The van der Waals surface area contributed by atoms with Gasteiger partial charge in [0.15, 0.2) is 23.0 Å². The fourth-order valence-electron chi connectivity index (χ4n) is 3.51. The van der Waals surface area contributed by atoms with Gasteiger partial charge in [0.05, 0.1) is 27.4 Å². The van der Waals surface area contributed by atoms with Gasteiger partial charge in [-0.2, -0.15) is 21.6 Å². The molecule has 0 spiro atoms. The quantitative estimate of drug-likeness (QED) is 0.245. The highest BCUT2D eigenvalue weighted by Gasteiger charge is 2.49. The predicted molar refractivity (Wildman–Crippen MR) is 127 cm³/mol. The van der Waals surface area contributed by atoms with Crippen molar-refractivity contribution < 1.29 is 44.7 Å². The Morgan fingerprint density at radius 2 is 1.56 bits per heavy atom. The summed E-state index contributed by atoms with van der Waals surface area (Å²) in [7, 11) is -2.95. The lowest BCUT2D eigenvalue weighted by Gasteiger charge is -2.17. The van der Waals surface area contributed by atoms with E-state index in [-0.39, 0.29) is 24.2 Å². The zero-order valence-electron chi connectivity index (χ0n) is 20.1. The number of pyridine rings is 1. The number of alkyl halides is 3. The van der Waals surface area contributed by atoms with Crippen molar-refractivity contribution in [2.75, 3.05) is 27.4 Å². The standard InChI is InChI=1S/C24H26F3NO7S/c1-5-9-34-23-20(31-3)11-15(12-21(23)32-4)10-16-13-28-14-18-17(16)7-8-19(33-6-2)22(18)35-36(29,30)24(25,26)27/h7-8,11-14H,5-6,9-10H2,1-4H3. The van der Waals surface area contributed by atoms with Gasteiger partial charge in [0.1, 0.15) is 0 Å². The highest BCUT2D eigenvalue weighted by molar-refractivity contribution is 7.88. The van der Waals surface area contributed by atoms with Crippen LogP contribution in [0.25, 0.3) is 10.8 Å². The Morgan fingerprint density at radius 1 is 0.889 bits per heavy atom. The van der Waals surface area contributed by atoms with Gasteiger partial charge in [0, 0.05) is 17.8 Å². The molecular weight excluding hydrogens is 503 g/mol. The Bertz CT molecular complexity index is 1300. The van der Waals surface area contributed by atoms with Crippen molar-refractivity contribution >= 4 is 20.9 Å². The van der Waals surface area contributed by atoms with Crippen molar-refractivity contribution in [3.63, 3.8) is 0 Å². The molecule has 0 radical (unpaired) electrons. The van der Waals surface area contributed by atoms with E-state index in [0.717, 1.165) is 12.0 Å². The summed E-state index contributed by atoms with van der Waals surface area (Å²) in [5.41, 5.74) is -4.28. The number of hydrogen-bond donors (Lipinski definition) is 0. The highest BCUT2D eigenvalue weighted by Crippen LogP contribution is 2.42. The highest BCUT2D eigenvalue weighted by atomic mass is 32.2. The minimum absolute atomic E-state index is 0.0492. The van der Waals surface area contributed by atoms with Gasteiger partial charge in [0.2, 0.25) is 5.75 Å². The maximum Gasteiger partial charge on any atom is 0.534 e. The third-order valence-corrected chi connectivity index (χ3v) is 6.03. The van der Waals surface area contributed by atoms with Crippen molar-refractivity contribution in [1.82, 2.24) is 4.98 Å². The normalized spacial score (nSPS) is 11.9. The molecule has 3 rings (SSSR count). The zero-order valence-corrected chi connectivity index (χ0v) is 21.0. The summed E-state index contributed by atoms with van der Waals surface area (Å²) in [6, 6.07) is 6.48. The molecule has 0 N–H and O–H groups in total. The monoisotopic (exact) mass is 529 g/mol. The Morgan fingerprint density at radius 3 is 2.11 bits per heavy atom. The second-order valence-electron chi connectivity index (χ2n) is 7.56. The van der Waals surface area contributed by atoms with Crippen LogP contribution in [0.1, 0.15) is 31.4 Å². The van der Waals surface area contributed by atoms with E-state index in [9.17, 15) is 21.6 Å². The lowest BCUT2D eigenvalue weighted by atomic mass is 9.99. The fraction of sp³-hybridized carbons (Fsp3) is 0.375. The van der Waals surface area contributed by atoms with Crippen LogP contribution in [-0.2, 0) is 16.5 Å². The van der Waals surface area contributed by atoms with Crippen LogP contribution in [0.2, 0.25) is 0 Å². The van der Waals surface area contributed by atoms with Crippen molar-refractivity contribution in [3.05, 3.63) is 47.8 Å². The van der Waals surface area contributed by atoms with Gasteiger partial charge in [-0.25, -0.2) is 0 Å². The van der Waals surface area contributed by atoms with E-state index >= 15 is 0 Å². The summed E-state index contributed by atoms with van der Waals surface area (Å²) < 4.78 is 89.3. The largest absolute Gasteiger partial charge is 0.534 e. The maximum absolute atomic E-state index is 13.1. The SMILES string of the molecule is CCCOc1c(OC)cc(Cc2cncc3c(OS(=O)(=O)C(F)(F)F)c(OCC)ccc23)cc1OC. The minimum atomic E-state index is -5.94. The molecule has 0 bridgehead atoms. The van der Waals surface area contributed by atoms with Crippen LogP contribution in [0, 0.1) is 0 Å². The second-order valence-corrected chi connectivity index (χ2v) is 9.10. The number of ether oxygens (including phenoxy) is 4. The average Bonchev–Trinajstić information content (AvgIpc) is 2.83. The molecule has 0 amide bonds. The van der Waals surface area contributed by atoms with E-state index in [1.54, 1.807) is 25.1 Å². The summed E-state index contributed by atoms with van der Waals surface area (Å²) in [5.74, 6) is 0.614. The van der Waals surface area contributed by atoms with E-state index in [1.165, 1.54) is 32.7 Å². The fourth-order valence-corrected chi connectivity index (χ4v) is 4.00. The molecular formula is C24H26F3NO7S. The van der Waals surface area contributed by atoms with Gasteiger partial charge in [-0.05, 0) is 54.5 Å². The number of aromatic nitrogens is 1. The number of halogens is 3. The van der Waals surface area contributed by atoms with Crippen LogP contribution >= 0.6 is 0 Å². The molecule has 2 aromatic carbocycles. The molecule has 3 aromatic rings. The Hall–Kier alpha value is -3.41. The first-order valence-electron chi connectivity index (χ1n) is 11.0. The molecule has 196 valence electrons. The third-order valence-electron chi connectivity index (χ3n) is 5.08. The molecule has 36 heavy (non-hydrogen) atoms. The van der Waals surface area contributed by atoms with Crippen LogP contribution < -0.4 is 23.1 Å². The second kappa shape index (κ2) is 11.1. The average molecular weight is 530 g/mol. The van der Waals surface area contributed by atoms with Crippen molar-refractivity contribution in [2.24, 2.45) is 0 Å². The minimum Gasteiger partial charge on any atom is -0.493 e. The van der Waals surface area contributed by atoms with E-state index in [0.29, 0.717) is 34.8 Å². The van der Waals surface area contributed by atoms with E-state index in [1.807, 2.05) is 6.92 Å². The summed E-state index contributed by atoms with van der Waals surface area (Å²) in [6.07, 6.45) is 3.81.